The van der Waals surface area contributed by atoms with E-state index in [1.165, 1.54) is 18.1 Å². The number of aliphatic hydroxyl groups excluding tert-OH is 2. The minimum Gasteiger partial charge on any atom is -0.493 e. The van der Waals surface area contributed by atoms with Gasteiger partial charge < -0.3 is 29.9 Å². The Labute approximate surface area is 222 Å². The van der Waals surface area contributed by atoms with E-state index in [0.717, 1.165) is 25.7 Å². The van der Waals surface area contributed by atoms with Crippen molar-refractivity contribution >= 4 is 23.9 Å². The highest BCUT2D eigenvalue weighted by atomic mass is 16.5. The summed E-state index contributed by atoms with van der Waals surface area (Å²) in [5, 5.41) is 23.6. The van der Waals surface area contributed by atoms with E-state index in [4.69, 9.17) is 9.47 Å². The summed E-state index contributed by atoms with van der Waals surface area (Å²) in [6, 6.07) is 1.87. The second kappa shape index (κ2) is 12.1. The van der Waals surface area contributed by atoms with Crippen LogP contribution in [0.1, 0.15) is 73.7 Å². The Balaban J connectivity index is 1.84. The number of methoxy groups -OCH3 is 1. The number of aldehydes is 1. The molecule has 1 aliphatic heterocycles. The molecule has 3 aliphatic rings. The van der Waals surface area contributed by atoms with Crippen molar-refractivity contribution in [2.45, 2.75) is 82.1 Å². The fourth-order valence-electron chi connectivity index (χ4n) is 5.90. The molecule has 1 saturated carbocycles. The van der Waals surface area contributed by atoms with Crippen molar-refractivity contribution in [1.29, 1.82) is 0 Å². The molecule has 4 atom stereocenters. The van der Waals surface area contributed by atoms with Crippen LogP contribution in [0.2, 0.25) is 0 Å². The van der Waals surface area contributed by atoms with Crippen LogP contribution in [0.5, 0.6) is 11.5 Å². The highest BCUT2D eigenvalue weighted by molar-refractivity contribution is 6.36. The van der Waals surface area contributed by atoms with E-state index < -0.39 is 41.8 Å². The number of nitrogens with zero attached hydrogens (tertiary/aromatic N) is 1. The fraction of sp³-hybridized carbons (Fsp3) is 0.571. The molecule has 1 fully saturated rings. The maximum Gasteiger partial charge on any atom is 0.290 e. The molecular weight excluding hydrogens is 492 g/mol. The number of carbonyl (C=O) groups excluding carboxylic acids is 4. The first-order valence-corrected chi connectivity index (χ1v) is 13.3. The molecule has 4 rings (SSSR count). The second-order valence-corrected chi connectivity index (χ2v) is 10.0. The van der Waals surface area contributed by atoms with Gasteiger partial charge in [0.05, 0.1) is 25.7 Å². The molecule has 2 amide bonds. The van der Waals surface area contributed by atoms with Gasteiger partial charge >= 0.3 is 0 Å². The van der Waals surface area contributed by atoms with Crippen LogP contribution in [0.3, 0.4) is 0 Å². The van der Waals surface area contributed by atoms with Gasteiger partial charge in [-0.15, -0.1) is 0 Å². The van der Waals surface area contributed by atoms with Crippen LogP contribution in [0, 0.1) is 0 Å². The summed E-state index contributed by atoms with van der Waals surface area (Å²) in [7, 11) is 1.43. The number of nitrogens with one attached hydrogen (secondary N) is 1. The van der Waals surface area contributed by atoms with Gasteiger partial charge in [-0.05, 0) is 31.1 Å². The van der Waals surface area contributed by atoms with Crippen molar-refractivity contribution in [3.63, 3.8) is 0 Å². The van der Waals surface area contributed by atoms with E-state index in [-0.39, 0.29) is 36.9 Å². The molecule has 206 valence electrons. The SMILES string of the molecule is CCC(=O)C(=O)N(C1CCCCCC1)C1C=C(C(=O)NCCO)C2c3cc(C=O)cc(OC)c3OC2C1O. The monoisotopic (exact) mass is 528 g/mol. The van der Waals surface area contributed by atoms with E-state index in [1.807, 2.05) is 0 Å². The third kappa shape index (κ3) is 5.19. The first kappa shape index (κ1) is 27.8. The summed E-state index contributed by atoms with van der Waals surface area (Å²) < 4.78 is 11.6. The smallest absolute Gasteiger partial charge is 0.290 e. The number of rotatable bonds is 9. The highest BCUT2D eigenvalue weighted by Crippen LogP contribution is 2.51. The van der Waals surface area contributed by atoms with E-state index in [1.54, 1.807) is 19.1 Å². The third-order valence-electron chi connectivity index (χ3n) is 7.74. The average molecular weight is 529 g/mol. The van der Waals surface area contributed by atoms with E-state index >= 15 is 0 Å². The van der Waals surface area contributed by atoms with Crippen molar-refractivity contribution in [1.82, 2.24) is 10.2 Å². The molecule has 0 spiro atoms. The molecule has 10 heteroatoms. The predicted molar refractivity (Wildman–Crippen MR) is 137 cm³/mol. The number of Topliss-reactive ketones (excluding diaryl/α,β-unsaturated/α-hetero) is 1. The molecule has 10 nitrogen and oxygen atoms in total. The van der Waals surface area contributed by atoms with Crippen molar-refractivity contribution in [2.24, 2.45) is 0 Å². The number of ether oxygens (including phenoxy) is 2. The Morgan fingerprint density at radius 1 is 1.18 bits per heavy atom. The minimum atomic E-state index is -1.26. The van der Waals surface area contributed by atoms with Gasteiger partial charge in [-0.2, -0.15) is 0 Å². The van der Waals surface area contributed by atoms with Crippen LogP contribution in [0.25, 0.3) is 0 Å². The number of ketones is 1. The van der Waals surface area contributed by atoms with E-state index in [9.17, 15) is 29.4 Å². The summed E-state index contributed by atoms with van der Waals surface area (Å²) >= 11 is 0. The molecule has 4 unspecified atom stereocenters. The van der Waals surface area contributed by atoms with Crippen molar-refractivity contribution in [3.8, 4) is 11.5 Å². The zero-order chi connectivity index (χ0) is 27.4. The number of benzene rings is 1. The summed E-state index contributed by atoms with van der Waals surface area (Å²) in [5.74, 6) is -1.88. The molecule has 2 aliphatic carbocycles. The zero-order valence-electron chi connectivity index (χ0n) is 21.9. The highest BCUT2D eigenvalue weighted by Gasteiger charge is 2.52. The molecular formula is C28H36N2O8. The largest absolute Gasteiger partial charge is 0.493 e. The molecule has 1 aromatic rings. The predicted octanol–water partition coefficient (Wildman–Crippen LogP) is 1.66. The summed E-state index contributed by atoms with van der Waals surface area (Å²) in [4.78, 5) is 52.6. The van der Waals surface area contributed by atoms with Gasteiger partial charge in [-0.25, -0.2) is 0 Å². The van der Waals surface area contributed by atoms with Crippen LogP contribution in [-0.2, 0) is 14.4 Å². The van der Waals surface area contributed by atoms with Crippen LogP contribution in [-0.4, -0.2) is 83.5 Å². The first-order valence-electron chi connectivity index (χ1n) is 13.3. The summed E-state index contributed by atoms with van der Waals surface area (Å²) in [6.07, 6.45) is 5.24. The quantitative estimate of drug-likeness (QED) is 0.250. The van der Waals surface area contributed by atoms with Crippen molar-refractivity contribution in [2.75, 3.05) is 20.3 Å². The van der Waals surface area contributed by atoms with E-state index in [0.29, 0.717) is 36.0 Å². The zero-order valence-corrected chi connectivity index (χ0v) is 21.9. The molecule has 0 aromatic heterocycles. The van der Waals surface area contributed by atoms with Crippen LogP contribution < -0.4 is 14.8 Å². The Hall–Kier alpha value is -3.24. The molecule has 0 saturated heterocycles. The van der Waals surface area contributed by atoms with Crippen molar-refractivity contribution < 1.29 is 38.9 Å². The molecule has 38 heavy (non-hydrogen) atoms. The summed E-state index contributed by atoms with van der Waals surface area (Å²) in [5.41, 5.74) is 1.06. The van der Waals surface area contributed by atoms with Crippen LogP contribution in [0.15, 0.2) is 23.8 Å². The maximum absolute atomic E-state index is 13.5. The molecule has 1 heterocycles. The van der Waals surface area contributed by atoms with Crippen LogP contribution in [0.4, 0.5) is 0 Å². The number of hydrogen-bond donors (Lipinski definition) is 3. The minimum absolute atomic E-state index is 0.00574. The number of aliphatic hydroxyl groups is 2. The standard InChI is InChI=1S/C28H36N2O8/c1-3-21(33)28(36)30(17-8-6-4-5-7-9-17)20-14-19(27(35)29-10-11-31)23-18-12-16(15-32)13-22(37-2)25(18)38-26(23)24(20)34/h12-15,17,20,23-24,26,31,34H,3-11H2,1-2H3,(H,29,35). The van der Waals surface area contributed by atoms with Gasteiger partial charge in [0.2, 0.25) is 11.7 Å². The lowest BCUT2D eigenvalue weighted by atomic mass is 9.76. The number of hydrogen-bond acceptors (Lipinski definition) is 8. The van der Waals surface area contributed by atoms with Gasteiger partial charge in [0.15, 0.2) is 11.5 Å². The van der Waals surface area contributed by atoms with Crippen LogP contribution >= 0.6 is 0 Å². The number of carbonyl (C=O) groups is 4. The molecule has 1 aromatic carbocycles. The van der Waals surface area contributed by atoms with Gasteiger partial charge in [0.1, 0.15) is 18.5 Å². The molecule has 0 bridgehead atoms. The Morgan fingerprint density at radius 2 is 1.89 bits per heavy atom. The lowest BCUT2D eigenvalue weighted by Gasteiger charge is -2.43. The maximum atomic E-state index is 13.5. The normalized spacial score (nSPS) is 24.7. The Morgan fingerprint density at radius 3 is 2.50 bits per heavy atom. The number of fused-ring (bicyclic) bond motifs is 3. The summed E-state index contributed by atoms with van der Waals surface area (Å²) in [6.45, 7) is 1.36. The van der Waals surface area contributed by atoms with Gasteiger partial charge in [0, 0.05) is 35.7 Å². The third-order valence-corrected chi connectivity index (χ3v) is 7.74. The average Bonchev–Trinajstić information content (AvgIpc) is 3.12. The lowest BCUT2D eigenvalue weighted by Crippen LogP contribution is -2.59. The lowest BCUT2D eigenvalue weighted by molar-refractivity contribution is -0.151. The fourth-order valence-corrected chi connectivity index (χ4v) is 5.90. The Bertz CT molecular complexity index is 1110. The molecule has 0 radical (unpaired) electrons. The van der Waals surface area contributed by atoms with Gasteiger partial charge in [-0.3, -0.25) is 19.2 Å². The first-order chi connectivity index (χ1) is 18.4. The second-order valence-electron chi connectivity index (χ2n) is 10.0. The topological polar surface area (TPSA) is 142 Å². The Kier molecular flexibility index (Phi) is 8.83. The number of amides is 2. The van der Waals surface area contributed by atoms with Crippen molar-refractivity contribution in [3.05, 3.63) is 34.9 Å². The van der Waals surface area contributed by atoms with Gasteiger partial charge in [-0.1, -0.05) is 32.6 Å². The molecule has 3 N–H and O–H groups in total. The van der Waals surface area contributed by atoms with Gasteiger partial charge in [0.25, 0.3) is 5.91 Å². The van der Waals surface area contributed by atoms with E-state index in [2.05, 4.69) is 5.32 Å².